The van der Waals surface area contributed by atoms with E-state index in [0.717, 1.165) is 4.90 Å². The van der Waals surface area contributed by atoms with Crippen LogP contribution in [0, 0.1) is 0 Å². The second-order valence-electron chi connectivity index (χ2n) is 6.55. The lowest BCUT2D eigenvalue weighted by molar-refractivity contribution is -0.127. The summed E-state index contributed by atoms with van der Waals surface area (Å²) in [5.74, 6) is 0.370. The van der Waals surface area contributed by atoms with Gasteiger partial charge in [0.2, 0.25) is 11.7 Å². The van der Waals surface area contributed by atoms with E-state index in [1.54, 1.807) is 36.4 Å². The number of hydrogen-bond acceptors (Lipinski definition) is 7. The van der Waals surface area contributed by atoms with E-state index >= 15 is 0 Å². The average molecular weight is 441 g/mol. The summed E-state index contributed by atoms with van der Waals surface area (Å²) >= 11 is 0. The Morgan fingerprint density at radius 1 is 0.938 bits per heavy atom. The zero-order chi connectivity index (χ0) is 23.3. The first-order valence-electron chi connectivity index (χ1n) is 9.49. The first-order valence-corrected chi connectivity index (χ1v) is 9.49. The van der Waals surface area contributed by atoms with Crippen LogP contribution in [0.1, 0.15) is 5.56 Å². The van der Waals surface area contributed by atoms with E-state index in [1.165, 1.54) is 34.5 Å². The fourth-order valence-electron chi connectivity index (χ4n) is 3.19. The van der Waals surface area contributed by atoms with E-state index in [0.29, 0.717) is 34.2 Å². The second kappa shape index (κ2) is 9.73. The molecule has 0 radical (unpaired) electrons. The van der Waals surface area contributed by atoms with E-state index in [4.69, 9.17) is 18.9 Å². The minimum absolute atomic E-state index is 0.00869. The highest BCUT2D eigenvalue weighted by molar-refractivity contribution is 6.16. The third-order valence-electron chi connectivity index (χ3n) is 4.68. The van der Waals surface area contributed by atoms with Gasteiger partial charge in [0.1, 0.15) is 18.0 Å². The molecule has 10 nitrogen and oxygen atoms in total. The summed E-state index contributed by atoms with van der Waals surface area (Å²) in [6.07, 6.45) is 1.44. The van der Waals surface area contributed by atoms with E-state index in [9.17, 15) is 14.4 Å². The number of amides is 4. The molecule has 2 aromatic carbocycles. The zero-order valence-electron chi connectivity index (χ0n) is 18.1. The minimum atomic E-state index is -0.712. The number of para-hydroxylation sites is 2. The van der Waals surface area contributed by atoms with Crippen LogP contribution in [0.2, 0.25) is 0 Å². The normalized spacial score (nSPS) is 14.2. The molecule has 2 aromatic rings. The van der Waals surface area contributed by atoms with E-state index in [-0.39, 0.29) is 5.70 Å². The van der Waals surface area contributed by atoms with Gasteiger partial charge < -0.3 is 29.6 Å². The Labute approximate surface area is 184 Å². The van der Waals surface area contributed by atoms with Crippen molar-refractivity contribution in [3.05, 3.63) is 47.7 Å². The van der Waals surface area contributed by atoms with E-state index in [2.05, 4.69) is 10.6 Å². The van der Waals surface area contributed by atoms with Crippen LogP contribution in [0.25, 0.3) is 6.08 Å². The molecule has 168 valence electrons. The Morgan fingerprint density at radius 2 is 1.62 bits per heavy atom. The standard InChI is InChI=1S/C22H23N3O7/c1-29-16-8-6-5-7-14(16)23-18(26)12-25-21(27)15(24-22(25)28)11-13-9-10-17(30-2)20(32-4)19(13)31-3/h5-11H,12H2,1-4H3,(H,23,26)(H,24,28)/b15-11+. The molecule has 10 heteroatoms. The van der Waals surface area contributed by atoms with Gasteiger partial charge in [-0.15, -0.1) is 0 Å². The predicted octanol–water partition coefficient (Wildman–Crippen LogP) is 2.25. The molecular weight excluding hydrogens is 418 g/mol. The smallest absolute Gasteiger partial charge is 0.329 e. The van der Waals surface area contributed by atoms with Crippen LogP contribution in [0.3, 0.4) is 0 Å². The number of carbonyl (C=O) groups excluding carboxylic acids is 3. The number of urea groups is 1. The quantitative estimate of drug-likeness (QED) is 0.477. The van der Waals surface area contributed by atoms with Crippen LogP contribution in [0.5, 0.6) is 23.0 Å². The Hall–Kier alpha value is -4.21. The Bertz CT molecular complexity index is 1080. The van der Waals surface area contributed by atoms with Gasteiger partial charge in [0.15, 0.2) is 11.5 Å². The summed E-state index contributed by atoms with van der Waals surface area (Å²) < 4.78 is 21.2. The van der Waals surface area contributed by atoms with Crippen molar-refractivity contribution < 1.29 is 33.3 Å². The summed E-state index contributed by atoms with van der Waals surface area (Å²) in [5.41, 5.74) is 0.901. The van der Waals surface area contributed by atoms with Crippen molar-refractivity contribution in [2.75, 3.05) is 40.3 Å². The highest BCUT2D eigenvalue weighted by atomic mass is 16.5. The van der Waals surface area contributed by atoms with Crippen molar-refractivity contribution in [3.8, 4) is 23.0 Å². The molecule has 0 spiro atoms. The number of nitrogens with one attached hydrogen (secondary N) is 2. The first kappa shape index (κ1) is 22.5. The molecule has 1 fully saturated rings. The molecule has 1 heterocycles. The number of carbonyl (C=O) groups is 3. The van der Waals surface area contributed by atoms with Crippen LogP contribution in [-0.4, -0.2) is 57.7 Å². The maximum atomic E-state index is 12.8. The van der Waals surface area contributed by atoms with Gasteiger partial charge in [-0.3, -0.25) is 9.59 Å². The SMILES string of the molecule is COc1ccccc1NC(=O)CN1C(=O)N/C(=C/c2ccc(OC)c(OC)c2OC)C1=O. The summed E-state index contributed by atoms with van der Waals surface area (Å²) in [6.45, 7) is -0.469. The van der Waals surface area contributed by atoms with Crippen molar-refractivity contribution >= 4 is 29.6 Å². The Balaban J connectivity index is 1.80. The number of methoxy groups -OCH3 is 4. The molecular formula is C22H23N3O7. The lowest BCUT2D eigenvalue weighted by Crippen LogP contribution is -2.38. The summed E-state index contributed by atoms with van der Waals surface area (Å²) in [5, 5.41) is 5.11. The molecule has 1 aliphatic rings. The second-order valence-corrected chi connectivity index (χ2v) is 6.55. The van der Waals surface area contributed by atoms with Gasteiger partial charge in [-0.2, -0.15) is 0 Å². The number of hydrogen-bond donors (Lipinski definition) is 2. The first-order chi connectivity index (χ1) is 15.4. The molecule has 0 aromatic heterocycles. The fraction of sp³-hybridized carbons (Fsp3) is 0.227. The van der Waals surface area contributed by atoms with Crippen LogP contribution in [0.15, 0.2) is 42.1 Å². The molecule has 0 aliphatic carbocycles. The van der Waals surface area contributed by atoms with Crippen LogP contribution < -0.4 is 29.6 Å². The minimum Gasteiger partial charge on any atom is -0.495 e. The van der Waals surface area contributed by atoms with Gasteiger partial charge in [0.25, 0.3) is 5.91 Å². The third kappa shape index (κ3) is 4.43. The van der Waals surface area contributed by atoms with Crippen molar-refractivity contribution in [3.63, 3.8) is 0 Å². The van der Waals surface area contributed by atoms with Gasteiger partial charge >= 0.3 is 6.03 Å². The molecule has 2 N–H and O–H groups in total. The molecule has 32 heavy (non-hydrogen) atoms. The maximum absolute atomic E-state index is 12.8. The van der Waals surface area contributed by atoms with Gasteiger partial charge in [0.05, 0.1) is 34.1 Å². The molecule has 0 unspecified atom stereocenters. The topological polar surface area (TPSA) is 115 Å². The Kier molecular flexibility index (Phi) is 6.83. The highest BCUT2D eigenvalue weighted by Gasteiger charge is 2.35. The molecule has 0 atom stereocenters. The molecule has 1 aliphatic heterocycles. The number of ether oxygens (including phenoxy) is 4. The number of benzene rings is 2. The van der Waals surface area contributed by atoms with Gasteiger partial charge in [0, 0.05) is 5.56 Å². The lowest BCUT2D eigenvalue weighted by atomic mass is 10.1. The number of imide groups is 1. The number of nitrogens with zero attached hydrogens (tertiary/aromatic N) is 1. The average Bonchev–Trinajstić information content (AvgIpc) is 3.06. The molecule has 1 saturated heterocycles. The van der Waals surface area contributed by atoms with Crippen LogP contribution in [0.4, 0.5) is 10.5 Å². The number of anilines is 1. The fourth-order valence-corrected chi connectivity index (χ4v) is 3.19. The maximum Gasteiger partial charge on any atom is 0.329 e. The monoisotopic (exact) mass is 441 g/mol. The van der Waals surface area contributed by atoms with Crippen LogP contribution in [-0.2, 0) is 9.59 Å². The largest absolute Gasteiger partial charge is 0.495 e. The van der Waals surface area contributed by atoms with Crippen molar-refractivity contribution in [2.45, 2.75) is 0 Å². The van der Waals surface area contributed by atoms with Crippen molar-refractivity contribution in [1.29, 1.82) is 0 Å². The Morgan fingerprint density at radius 3 is 2.28 bits per heavy atom. The summed E-state index contributed by atoms with van der Waals surface area (Å²) in [6, 6.07) is 9.40. The summed E-state index contributed by atoms with van der Waals surface area (Å²) in [4.78, 5) is 38.4. The highest BCUT2D eigenvalue weighted by Crippen LogP contribution is 2.40. The van der Waals surface area contributed by atoms with E-state index in [1.807, 2.05) is 0 Å². The van der Waals surface area contributed by atoms with E-state index < -0.39 is 24.4 Å². The third-order valence-corrected chi connectivity index (χ3v) is 4.68. The van der Waals surface area contributed by atoms with Crippen LogP contribution >= 0.6 is 0 Å². The predicted molar refractivity (Wildman–Crippen MR) is 116 cm³/mol. The molecule has 0 saturated carbocycles. The van der Waals surface area contributed by atoms with Gasteiger partial charge in [-0.05, 0) is 30.3 Å². The lowest BCUT2D eigenvalue weighted by Gasteiger charge is -2.14. The van der Waals surface area contributed by atoms with Crippen molar-refractivity contribution in [2.24, 2.45) is 0 Å². The number of rotatable bonds is 8. The molecule has 4 amide bonds. The molecule has 3 rings (SSSR count). The van der Waals surface area contributed by atoms with Gasteiger partial charge in [-0.25, -0.2) is 9.69 Å². The summed E-state index contributed by atoms with van der Waals surface area (Å²) in [7, 11) is 5.87. The van der Waals surface area contributed by atoms with Gasteiger partial charge in [-0.1, -0.05) is 12.1 Å². The van der Waals surface area contributed by atoms with Crippen molar-refractivity contribution in [1.82, 2.24) is 10.2 Å². The molecule has 0 bridgehead atoms. The zero-order valence-corrected chi connectivity index (χ0v) is 18.1.